The molecule has 0 bridgehead atoms. The lowest BCUT2D eigenvalue weighted by Gasteiger charge is -2.13. The molecule has 2 aromatic rings. The minimum atomic E-state index is -0.349. The zero-order valence-electron chi connectivity index (χ0n) is 10.2. The first kappa shape index (κ1) is 14.2. The lowest BCUT2D eigenvalue weighted by atomic mass is 10.2. The number of aryl methyl sites for hydroxylation is 1. The molecule has 0 spiro atoms. The van der Waals surface area contributed by atoms with Gasteiger partial charge in [-0.1, -0.05) is 27.5 Å². The van der Waals surface area contributed by atoms with Crippen LogP contribution in [-0.4, -0.2) is 0 Å². The molecular weight excluding hydrogens is 333 g/mol. The highest BCUT2D eigenvalue weighted by atomic mass is 79.9. The van der Waals surface area contributed by atoms with Gasteiger partial charge in [-0.3, -0.25) is 0 Å². The molecule has 2 rings (SSSR count). The molecule has 0 heterocycles. The van der Waals surface area contributed by atoms with Crippen molar-refractivity contribution >= 4 is 33.2 Å². The normalized spacial score (nSPS) is 10.5. The molecule has 0 aromatic heterocycles. The van der Waals surface area contributed by atoms with Crippen LogP contribution >= 0.6 is 27.5 Å². The fourth-order valence-corrected chi connectivity index (χ4v) is 2.54. The summed E-state index contributed by atoms with van der Waals surface area (Å²) in [7, 11) is 0. The molecule has 0 aliphatic heterocycles. The van der Waals surface area contributed by atoms with E-state index in [9.17, 15) is 4.39 Å². The molecule has 0 aliphatic carbocycles. The predicted octanol–water partition coefficient (Wildman–Crippen LogP) is 4.71. The van der Waals surface area contributed by atoms with Gasteiger partial charge in [0.25, 0.3) is 0 Å². The van der Waals surface area contributed by atoms with E-state index in [1.807, 2.05) is 13.0 Å². The van der Waals surface area contributed by atoms with Gasteiger partial charge in [0, 0.05) is 15.1 Å². The second kappa shape index (κ2) is 5.80. The van der Waals surface area contributed by atoms with Crippen LogP contribution < -0.4 is 10.5 Å². The number of hydrogen-bond donors (Lipinski definition) is 1. The molecular formula is C14H12BrClFNO. The van der Waals surface area contributed by atoms with Crippen molar-refractivity contribution in [2.45, 2.75) is 13.5 Å². The van der Waals surface area contributed by atoms with E-state index in [4.69, 9.17) is 22.1 Å². The third kappa shape index (κ3) is 3.39. The molecule has 0 saturated heterocycles. The number of anilines is 1. The Morgan fingerprint density at radius 1 is 1.32 bits per heavy atom. The molecule has 0 aliphatic rings. The van der Waals surface area contributed by atoms with E-state index in [1.54, 1.807) is 12.1 Å². The third-order valence-corrected chi connectivity index (χ3v) is 3.34. The monoisotopic (exact) mass is 343 g/mol. The summed E-state index contributed by atoms with van der Waals surface area (Å²) in [6, 6.07) is 8.00. The molecule has 0 amide bonds. The Morgan fingerprint density at radius 3 is 2.74 bits per heavy atom. The average molecular weight is 345 g/mol. The minimum Gasteiger partial charge on any atom is -0.486 e. The van der Waals surface area contributed by atoms with Crippen molar-refractivity contribution in [2.75, 3.05) is 5.73 Å². The van der Waals surface area contributed by atoms with Gasteiger partial charge in [-0.05, 0) is 42.8 Å². The molecule has 0 radical (unpaired) electrons. The Labute approximate surface area is 124 Å². The number of nitrogens with two attached hydrogens (primary N) is 1. The van der Waals surface area contributed by atoms with E-state index in [-0.39, 0.29) is 12.4 Å². The van der Waals surface area contributed by atoms with Crippen LogP contribution in [0.25, 0.3) is 0 Å². The summed E-state index contributed by atoms with van der Waals surface area (Å²) >= 11 is 9.18. The maximum Gasteiger partial charge on any atom is 0.145 e. The number of halogens is 3. The topological polar surface area (TPSA) is 35.2 Å². The zero-order chi connectivity index (χ0) is 14.0. The van der Waals surface area contributed by atoms with Gasteiger partial charge in [0.1, 0.15) is 18.2 Å². The standard InChI is InChI=1S/C14H12BrClFNO/c1-8-4-10(15)6-13(18)14(8)19-7-9-5-11(16)2-3-12(9)17/h2-6H,7,18H2,1H3. The van der Waals surface area contributed by atoms with Gasteiger partial charge in [0.05, 0.1) is 5.69 Å². The van der Waals surface area contributed by atoms with Crippen LogP contribution in [0.3, 0.4) is 0 Å². The number of ether oxygens (including phenoxy) is 1. The predicted molar refractivity (Wildman–Crippen MR) is 79.0 cm³/mol. The van der Waals surface area contributed by atoms with Gasteiger partial charge in [0.15, 0.2) is 0 Å². The highest BCUT2D eigenvalue weighted by Crippen LogP contribution is 2.31. The lowest BCUT2D eigenvalue weighted by Crippen LogP contribution is -2.02. The van der Waals surface area contributed by atoms with Crippen LogP contribution in [0, 0.1) is 12.7 Å². The second-order valence-corrected chi connectivity index (χ2v) is 5.52. The van der Waals surface area contributed by atoms with Crippen LogP contribution in [-0.2, 0) is 6.61 Å². The van der Waals surface area contributed by atoms with Crippen LogP contribution in [0.2, 0.25) is 5.02 Å². The van der Waals surface area contributed by atoms with Gasteiger partial charge in [-0.2, -0.15) is 0 Å². The quantitative estimate of drug-likeness (QED) is 0.818. The van der Waals surface area contributed by atoms with Crippen molar-refractivity contribution in [3.05, 3.63) is 56.8 Å². The largest absolute Gasteiger partial charge is 0.486 e. The van der Waals surface area contributed by atoms with Crippen molar-refractivity contribution in [2.24, 2.45) is 0 Å². The number of nitrogen functional groups attached to an aromatic ring is 1. The fourth-order valence-electron chi connectivity index (χ4n) is 1.76. The Balaban J connectivity index is 2.21. The Morgan fingerprint density at radius 2 is 2.05 bits per heavy atom. The summed E-state index contributed by atoms with van der Waals surface area (Å²) in [5.74, 6) is 0.209. The van der Waals surface area contributed by atoms with Crippen molar-refractivity contribution in [1.29, 1.82) is 0 Å². The molecule has 2 nitrogen and oxygen atoms in total. The summed E-state index contributed by atoms with van der Waals surface area (Å²) in [4.78, 5) is 0. The van der Waals surface area contributed by atoms with Gasteiger partial charge in [-0.25, -0.2) is 4.39 Å². The van der Waals surface area contributed by atoms with E-state index in [2.05, 4.69) is 15.9 Å². The van der Waals surface area contributed by atoms with Crippen LogP contribution in [0.15, 0.2) is 34.8 Å². The van der Waals surface area contributed by atoms with Crippen LogP contribution in [0.1, 0.15) is 11.1 Å². The first-order chi connectivity index (χ1) is 8.97. The highest BCUT2D eigenvalue weighted by Gasteiger charge is 2.09. The Hall–Kier alpha value is -1.26. The number of hydrogen-bond acceptors (Lipinski definition) is 2. The van der Waals surface area contributed by atoms with Gasteiger partial charge < -0.3 is 10.5 Å². The van der Waals surface area contributed by atoms with E-state index in [1.165, 1.54) is 12.1 Å². The number of benzene rings is 2. The van der Waals surface area contributed by atoms with Gasteiger partial charge in [0.2, 0.25) is 0 Å². The van der Waals surface area contributed by atoms with Gasteiger partial charge in [-0.15, -0.1) is 0 Å². The van der Waals surface area contributed by atoms with Crippen LogP contribution in [0.4, 0.5) is 10.1 Å². The van der Waals surface area contributed by atoms with Crippen molar-refractivity contribution in [3.8, 4) is 5.75 Å². The molecule has 5 heteroatoms. The molecule has 2 aromatic carbocycles. The second-order valence-electron chi connectivity index (χ2n) is 4.17. The SMILES string of the molecule is Cc1cc(Br)cc(N)c1OCc1cc(Cl)ccc1F. The first-order valence-corrected chi connectivity index (χ1v) is 6.77. The molecule has 0 atom stereocenters. The van der Waals surface area contributed by atoms with Gasteiger partial charge >= 0.3 is 0 Å². The van der Waals surface area contributed by atoms with E-state index < -0.39 is 0 Å². The lowest BCUT2D eigenvalue weighted by molar-refractivity contribution is 0.299. The maximum atomic E-state index is 13.6. The minimum absolute atomic E-state index is 0.0824. The Bertz CT molecular complexity index is 595. The van der Waals surface area contributed by atoms with Crippen LogP contribution in [0.5, 0.6) is 5.75 Å². The fraction of sp³-hybridized carbons (Fsp3) is 0.143. The molecule has 100 valence electrons. The zero-order valence-corrected chi connectivity index (χ0v) is 12.6. The summed E-state index contributed by atoms with van der Waals surface area (Å²) < 4.78 is 20.0. The van der Waals surface area contributed by atoms with Crippen molar-refractivity contribution < 1.29 is 9.13 Å². The third-order valence-electron chi connectivity index (χ3n) is 2.65. The summed E-state index contributed by atoms with van der Waals surface area (Å²) in [6.07, 6.45) is 0. The molecule has 19 heavy (non-hydrogen) atoms. The average Bonchev–Trinajstić information content (AvgIpc) is 2.32. The highest BCUT2D eigenvalue weighted by molar-refractivity contribution is 9.10. The van der Waals surface area contributed by atoms with E-state index >= 15 is 0 Å². The smallest absolute Gasteiger partial charge is 0.145 e. The van der Waals surface area contributed by atoms with Crippen molar-refractivity contribution in [1.82, 2.24) is 0 Å². The molecule has 0 fully saturated rings. The molecule has 0 saturated carbocycles. The van der Waals surface area contributed by atoms with Crippen molar-refractivity contribution in [3.63, 3.8) is 0 Å². The summed E-state index contributed by atoms with van der Waals surface area (Å²) in [6.45, 7) is 1.96. The maximum absolute atomic E-state index is 13.6. The molecule has 0 unspecified atom stereocenters. The summed E-state index contributed by atoms with van der Waals surface area (Å²) in [5, 5.41) is 0.473. The number of rotatable bonds is 3. The van der Waals surface area contributed by atoms with E-state index in [0.29, 0.717) is 22.0 Å². The molecule has 2 N–H and O–H groups in total. The first-order valence-electron chi connectivity index (χ1n) is 5.59. The Kier molecular flexibility index (Phi) is 4.32. The van der Waals surface area contributed by atoms with E-state index in [0.717, 1.165) is 10.0 Å². The summed E-state index contributed by atoms with van der Waals surface area (Å²) in [5.41, 5.74) is 7.67.